The van der Waals surface area contributed by atoms with Gasteiger partial charge < -0.3 is 19.9 Å². The number of carbonyl (C=O) groups excluding carboxylic acids is 2. The minimum Gasteiger partial charge on any atom is -0.383 e. The summed E-state index contributed by atoms with van der Waals surface area (Å²) in [5.74, 6) is 0.196. The normalized spacial score (nSPS) is 16.0. The second-order valence-corrected chi connectivity index (χ2v) is 9.34. The van der Waals surface area contributed by atoms with Crippen molar-refractivity contribution in [2.75, 3.05) is 38.7 Å². The zero-order valence-corrected chi connectivity index (χ0v) is 21.3. The van der Waals surface area contributed by atoms with E-state index in [0.717, 1.165) is 19.4 Å². The highest BCUT2D eigenvalue weighted by Gasteiger charge is 2.28. The minimum absolute atomic E-state index is 0.129. The topological polar surface area (TPSA) is 110 Å². The van der Waals surface area contributed by atoms with Gasteiger partial charge in [-0.3, -0.25) is 14.5 Å². The fraction of sp³-hybridized carbons (Fsp3) is 0.360. The number of likely N-dealkylation sites (tertiary alicyclic amines) is 1. The number of halogens is 2. The summed E-state index contributed by atoms with van der Waals surface area (Å²) in [5, 5.41) is 10.7. The quantitative estimate of drug-likeness (QED) is 0.396. The van der Waals surface area contributed by atoms with Crippen LogP contribution in [0.4, 0.5) is 5.69 Å². The first-order chi connectivity index (χ1) is 17.4. The number of hydrogen-bond donors (Lipinski definition) is 2. The first kappa shape index (κ1) is 26.1. The summed E-state index contributed by atoms with van der Waals surface area (Å²) < 4.78 is 10.4. The largest absolute Gasteiger partial charge is 0.383 e. The van der Waals surface area contributed by atoms with E-state index in [2.05, 4.69) is 25.7 Å². The number of nitrogens with zero attached hydrogens (tertiary/aromatic N) is 3. The van der Waals surface area contributed by atoms with Gasteiger partial charge in [0, 0.05) is 30.8 Å². The third-order valence-corrected chi connectivity index (χ3v) is 6.44. The minimum atomic E-state index is -0.263. The van der Waals surface area contributed by atoms with E-state index in [1.54, 1.807) is 49.6 Å². The molecule has 1 fully saturated rings. The number of rotatable bonds is 9. The molecule has 2 heterocycles. The Labute approximate surface area is 219 Å². The summed E-state index contributed by atoms with van der Waals surface area (Å²) in [4.78, 5) is 32.2. The number of piperidine rings is 1. The lowest BCUT2D eigenvalue weighted by Gasteiger charge is -2.31. The van der Waals surface area contributed by atoms with Crippen LogP contribution in [0.25, 0.3) is 11.4 Å². The Hall–Kier alpha value is -2.98. The predicted octanol–water partition coefficient (Wildman–Crippen LogP) is 4.27. The maximum atomic E-state index is 13.1. The van der Waals surface area contributed by atoms with Gasteiger partial charge in [0.05, 0.1) is 35.3 Å². The molecule has 36 heavy (non-hydrogen) atoms. The van der Waals surface area contributed by atoms with Crippen molar-refractivity contribution in [1.29, 1.82) is 0 Å². The predicted molar refractivity (Wildman–Crippen MR) is 137 cm³/mol. The molecule has 0 spiro atoms. The Morgan fingerprint density at radius 1 is 1.22 bits per heavy atom. The Balaban J connectivity index is 1.37. The van der Waals surface area contributed by atoms with Crippen LogP contribution in [0, 0.1) is 5.92 Å². The van der Waals surface area contributed by atoms with Crippen molar-refractivity contribution in [3.05, 3.63) is 64.0 Å². The molecular weight excluding hydrogens is 505 g/mol. The van der Waals surface area contributed by atoms with E-state index in [1.807, 2.05) is 0 Å². The van der Waals surface area contributed by atoms with Gasteiger partial charge in [-0.2, -0.15) is 4.98 Å². The molecule has 1 aliphatic rings. The molecule has 2 aromatic carbocycles. The fourth-order valence-electron chi connectivity index (χ4n) is 4.09. The Bertz CT molecular complexity index is 1220. The van der Waals surface area contributed by atoms with Crippen LogP contribution in [0.15, 0.2) is 47.0 Å². The van der Waals surface area contributed by atoms with Crippen molar-refractivity contribution in [3.8, 4) is 11.4 Å². The number of methoxy groups -OCH3 is 1. The van der Waals surface area contributed by atoms with Gasteiger partial charge in [-0.25, -0.2) is 0 Å². The number of nitrogens with one attached hydrogen (secondary N) is 2. The lowest BCUT2D eigenvalue weighted by molar-refractivity contribution is -0.121. The van der Waals surface area contributed by atoms with Crippen molar-refractivity contribution in [3.63, 3.8) is 0 Å². The molecule has 1 aromatic heterocycles. The third-order valence-electron chi connectivity index (χ3n) is 5.90. The van der Waals surface area contributed by atoms with Gasteiger partial charge in [-0.05, 0) is 49.7 Å². The van der Waals surface area contributed by atoms with Crippen LogP contribution < -0.4 is 10.6 Å². The maximum absolute atomic E-state index is 13.1. The summed E-state index contributed by atoms with van der Waals surface area (Å²) >= 11 is 12.2. The molecule has 4 rings (SSSR count). The molecule has 1 aliphatic heterocycles. The zero-order valence-electron chi connectivity index (χ0n) is 19.8. The van der Waals surface area contributed by atoms with E-state index in [4.69, 9.17) is 32.5 Å². The van der Waals surface area contributed by atoms with E-state index in [-0.39, 0.29) is 17.7 Å². The smallest absolute Gasteiger partial charge is 0.253 e. The number of anilines is 1. The van der Waals surface area contributed by atoms with Crippen LogP contribution in [-0.4, -0.2) is 60.2 Å². The number of amides is 2. The number of aromatic nitrogens is 2. The average molecular weight is 532 g/mol. The van der Waals surface area contributed by atoms with Gasteiger partial charge >= 0.3 is 0 Å². The highest BCUT2D eigenvalue weighted by atomic mass is 35.5. The molecule has 0 radical (unpaired) electrons. The summed E-state index contributed by atoms with van der Waals surface area (Å²) in [5.41, 5.74) is 1.53. The van der Waals surface area contributed by atoms with Crippen molar-refractivity contribution < 1.29 is 18.8 Å². The van der Waals surface area contributed by atoms with Crippen LogP contribution in [0.5, 0.6) is 0 Å². The van der Waals surface area contributed by atoms with Crippen LogP contribution in [0.3, 0.4) is 0 Å². The van der Waals surface area contributed by atoms with Gasteiger partial charge in [0.2, 0.25) is 17.6 Å². The molecule has 190 valence electrons. The summed E-state index contributed by atoms with van der Waals surface area (Å²) in [6.07, 6.45) is 1.60. The monoisotopic (exact) mass is 531 g/mol. The molecule has 0 bridgehead atoms. The van der Waals surface area contributed by atoms with Gasteiger partial charge in [0.15, 0.2) is 0 Å². The van der Waals surface area contributed by atoms with Gasteiger partial charge in [0.1, 0.15) is 0 Å². The van der Waals surface area contributed by atoms with E-state index >= 15 is 0 Å². The van der Waals surface area contributed by atoms with Gasteiger partial charge in [-0.15, -0.1) is 0 Å². The molecule has 9 nitrogen and oxygen atoms in total. The highest BCUT2D eigenvalue weighted by Crippen LogP contribution is 2.29. The molecular formula is C25H27Cl2N5O4. The molecule has 1 saturated heterocycles. The maximum Gasteiger partial charge on any atom is 0.253 e. The van der Waals surface area contributed by atoms with Crippen LogP contribution in [0.2, 0.25) is 10.0 Å². The van der Waals surface area contributed by atoms with Crippen molar-refractivity contribution in [2.24, 2.45) is 5.92 Å². The van der Waals surface area contributed by atoms with Crippen molar-refractivity contribution >= 4 is 40.7 Å². The standard InChI is InChI=1S/C25H27Cl2N5O4/c1-35-12-10-28-25(34)19-6-2-3-7-21(19)29-24(33)16-5-4-11-32(14-16)15-22-30-23(31-36-22)18-9-8-17(26)13-20(18)27/h2-3,6-9,13,16H,4-5,10-12,14-15H2,1H3,(H,28,34)(H,29,33). The molecule has 0 aliphatic carbocycles. The molecule has 1 unspecified atom stereocenters. The second-order valence-electron chi connectivity index (χ2n) is 8.49. The van der Waals surface area contributed by atoms with Crippen molar-refractivity contribution in [1.82, 2.24) is 20.4 Å². The Morgan fingerprint density at radius 2 is 2.06 bits per heavy atom. The number of ether oxygens (including phenoxy) is 1. The van der Waals surface area contributed by atoms with Crippen molar-refractivity contribution in [2.45, 2.75) is 19.4 Å². The van der Waals surface area contributed by atoms with Crippen LogP contribution in [-0.2, 0) is 16.1 Å². The second kappa shape index (κ2) is 12.3. The lowest BCUT2D eigenvalue weighted by Crippen LogP contribution is -2.40. The highest BCUT2D eigenvalue weighted by molar-refractivity contribution is 6.36. The van der Waals surface area contributed by atoms with Crippen LogP contribution >= 0.6 is 23.2 Å². The number of para-hydroxylation sites is 1. The van der Waals surface area contributed by atoms with Gasteiger partial charge in [-0.1, -0.05) is 40.5 Å². The Kier molecular flexibility index (Phi) is 8.93. The average Bonchev–Trinajstić information content (AvgIpc) is 3.32. The Morgan fingerprint density at radius 3 is 2.86 bits per heavy atom. The first-order valence-electron chi connectivity index (χ1n) is 11.6. The molecule has 3 aromatic rings. The van der Waals surface area contributed by atoms with E-state index in [9.17, 15) is 9.59 Å². The SMILES string of the molecule is COCCNC(=O)c1ccccc1NC(=O)C1CCCN(Cc2nc(-c3ccc(Cl)cc3Cl)no2)C1. The summed E-state index contributed by atoms with van der Waals surface area (Å²) in [7, 11) is 1.57. The van der Waals surface area contributed by atoms with Gasteiger partial charge in [0.25, 0.3) is 5.91 Å². The lowest BCUT2D eigenvalue weighted by atomic mass is 9.96. The summed E-state index contributed by atoms with van der Waals surface area (Å²) in [6, 6.07) is 12.1. The van der Waals surface area contributed by atoms with E-state index < -0.39 is 0 Å². The molecule has 2 N–H and O–H groups in total. The zero-order chi connectivity index (χ0) is 25.5. The van der Waals surface area contributed by atoms with Crippen LogP contribution in [0.1, 0.15) is 29.1 Å². The third kappa shape index (κ3) is 6.61. The van der Waals surface area contributed by atoms with E-state index in [1.165, 1.54) is 0 Å². The fourth-order valence-corrected chi connectivity index (χ4v) is 4.58. The number of benzene rings is 2. The first-order valence-corrected chi connectivity index (χ1v) is 12.4. The molecule has 1 atom stereocenters. The summed E-state index contributed by atoms with van der Waals surface area (Å²) in [6.45, 7) is 2.55. The number of carbonyl (C=O) groups is 2. The number of hydrogen-bond acceptors (Lipinski definition) is 7. The molecule has 11 heteroatoms. The molecule has 2 amide bonds. The molecule has 0 saturated carbocycles. The van der Waals surface area contributed by atoms with E-state index in [0.29, 0.717) is 64.8 Å².